The minimum Gasteiger partial charge on any atom is -0.373 e. The average molecular weight is 238 g/mol. The van der Waals surface area contributed by atoms with Crippen LogP contribution in [0.2, 0.25) is 0 Å². The number of amides is 1. The lowest BCUT2D eigenvalue weighted by Gasteiger charge is -2.12. The van der Waals surface area contributed by atoms with Gasteiger partial charge in [0.15, 0.2) is 0 Å². The highest BCUT2D eigenvalue weighted by atomic mass is 16.1. The summed E-state index contributed by atoms with van der Waals surface area (Å²) in [7, 11) is 1.88. The number of aromatic nitrogens is 2. The van der Waals surface area contributed by atoms with E-state index in [1.165, 1.54) is 0 Å². The molecule has 0 saturated heterocycles. The summed E-state index contributed by atoms with van der Waals surface area (Å²) in [6.45, 7) is 6.39. The molecular formula is C12H22N4O. The van der Waals surface area contributed by atoms with Gasteiger partial charge >= 0.3 is 0 Å². The molecular weight excluding hydrogens is 216 g/mol. The van der Waals surface area contributed by atoms with Crippen molar-refractivity contribution in [3.05, 3.63) is 11.9 Å². The van der Waals surface area contributed by atoms with Gasteiger partial charge in [0.05, 0.1) is 17.9 Å². The Balaban J connectivity index is 2.46. The highest BCUT2D eigenvalue weighted by Crippen LogP contribution is 2.12. The number of carbonyl (C=O) groups is 1. The maximum Gasteiger partial charge on any atom is 0.239 e. The summed E-state index contributed by atoms with van der Waals surface area (Å²) in [6, 6.07) is 0.226. The molecule has 1 amide bonds. The van der Waals surface area contributed by atoms with E-state index in [2.05, 4.69) is 22.7 Å². The number of nitrogens with zero attached hydrogens (tertiary/aromatic N) is 2. The Labute approximate surface area is 103 Å². The number of hydrogen-bond donors (Lipinski definition) is 2. The molecule has 17 heavy (non-hydrogen) atoms. The van der Waals surface area contributed by atoms with Crippen molar-refractivity contribution in [1.29, 1.82) is 0 Å². The van der Waals surface area contributed by atoms with Crippen LogP contribution in [0.1, 0.15) is 32.9 Å². The van der Waals surface area contributed by atoms with E-state index in [0.29, 0.717) is 6.54 Å². The first-order valence-electron chi connectivity index (χ1n) is 6.12. The Morgan fingerprint density at radius 1 is 1.53 bits per heavy atom. The van der Waals surface area contributed by atoms with Crippen molar-refractivity contribution in [2.45, 2.75) is 39.7 Å². The monoisotopic (exact) mass is 238 g/mol. The van der Waals surface area contributed by atoms with Crippen molar-refractivity contribution in [2.75, 3.05) is 11.9 Å². The molecule has 1 unspecified atom stereocenters. The largest absolute Gasteiger partial charge is 0.373 e. The Kier molecular flexibility index (Phi) is 5.00. The van der Waals surface area contributed by atoms with E-state index in [1.54, 1.807) is 4.68 Å². The Hall–Kier alpha value is -1.52. The van der Waals surface area contributed by atoms with E-state index in [9.17, 15) is 4.79 Å². The SMILES string of the molecule is CCc1nn(C)cc1NCC(=O)NC(C)CC. The number of nitrogens with one attached hydrogen (secondary N) is 2. The van der Waals surface area contributed by atoms with Gasteiger partial charge in [-0.2, -0.15) is 5.10 Å². The molecule has 1 atom stereocenters. The van der Waals surface area contributed by atoms with Crippen LogP contribution in [0.3, 0.4) is 0 Å². The average Bonchev–Trinajstić information content (AvgIpc) is 2.66. The summed E-state index contributed by atoms with van der Waals surface area (Å²) in [5.74, 6) is 0.0188. The van der Waals surface area contributed by atoms with Crippen LogP contribution in [0.15, 0.2) is 6.20 Å². The van der Waals surface area contributed by atoms with Crippen molar-refractivity contribution >= 4 is 11.6 Å². The second-order valence-electron chi connectivity index (χ2n) is 4.25. The molecule has 2 N–H and O–H groups in total. The molecule has 0 aliphatic heterocycles. The van der Waals surface area contributed by atoms with Crippen LogP contribution in [0.5, 0.6) is 0 Å². The molecule has 0 saturated carbocycles. The second-order valence-corrected chi connectivity index (χ2v) is 4.25. The van der Waals surface area contributed by atoms with Crippen LogP contribution in [0, 0.1) is 0 Å². The fourth-order valence-corrected chi connectivity index (χ4v) is 1.55. The summed E-state index contributed by atoms with van der Waals surface area (Å²) in [5.41, 5.74) is 1.93. The predicted octanol–water partition coefficient (Wildman–Crippen LogP) is 1.31. The van der Waals surface area contributed by atoms with Gasteiger partial charge in [0, 0.05) is 19.3 Å². The van der Waals surface area contributed by atoms with Crippen LogP contribution in [-0.4, -0.2) is 28.3 Å². The number of anilines is 1. The number of rotatable bonds is 6. The van der Waals surface area contributed by atoms with Crippen molar-refractivity contribution in [2.24, 2.45) is 7.05 Å². The summed E-state index contributed by atoms with van der Waals surface area (Å²) >= 11 is 0. The number of carbonyl (C=O) groups excluding carboxylic acids is 1. The van der Waals surface area contributed by atoms with Crippen LogP contribution >= 0.6 is 0 Å². The Bertz CT molecular complexity index is 373. The van der Waals surface area contributed by atoms with Crippen LogP contribution < -0.4 is 10.6 Å². The lowest BCUT2D eigenvalue weighted by molar-refractivity contribution is -0.120. The van der Waals surface area contributed by atoms with Gasteiger partial charge in [-0.3, -0.25) is 9.48 Å². The van der Waals surface area contributed by atoms with Gasteiger partial charge in [0.1, 0.15) is 0 Å². The maximum absolute atomic E-state index is 11.6. The fourth-order valence-electron chi connectivity index (χ4n) is 1.55. The first-order chi connectivity index (χ1) is 8.06. The highest BCUT2D eigenvalue weighted by molar-refractivity contribution is 5.81. The molecule has 0 bridgehead atoms. The third-order valence-electron chi connectivity index (χ3n) is 2.70. The van der Waals surface area contributed by atoms with Crippen molar-refractivity contribution < 1.29 is 4.79 Å². The first-order valence-corrected chi connectivity index (χ1v) is 6.12. The minimum atomic E-state index is 0.0188. The van der Waals surface area contributed by atoms with E-state index in [-0.39, 0.29) is 11.9 Å². The molecule has 1 aromatic heterocycles. The van der Waals surface area contributed by atoms with Crippen LogP contribution in [0.4, 0.5) is 5.69 Å². The van der Waals surface area contributed by atoms with Crippen molar-refractivity contribution in [3.63, 3.8) is 0 Å². The molecule has 0 aliphatic rings. The molecule has 0 aliphatic carbocycles. The Morgan fingerprint density at radius 2 is 2.24 bits per heavy atom. The molecule has 5 nitrogen and oxygen atoms in total. The lowest BCUT2D eigenvalue weighted by atomic mass is 10.2. The maximum atomic E-state index is 11.6. The third kappa shape index (κ3) is 4.09. The van der Waals surface area contributed by atoms with Gasteiger partial charge in [-0.15, -0.1) is 0 Å². The van der Waals surface area contributed by atoms with Gasteiger partial charge in [-0.25, -0.2) is 0 Å². The van der Waals surface area contributed by atoms with E-state index in [0.717, 1.165) is 24.2 Å². The zero-order valence-electron chi connectivity index (χ0n) is 11.1. The van der Waals surface area contributed by atoms with Gasteiger partial charge < -0.3 is 10.6 Å². The summed E-state index contributed by atoms with van der Waals surface area (Å²) in [4.78, 5) is 11.6. The summed E-state index contributed by atoms with van der Waals surface area (Å²) in [5, 5.41) is 10.3. The highest BCUT2D eigenvalue weighted by Gasteiger charge is 2.08. The fraction of sp³-hybridized carbons (Fsp3) is 0.667. The molecule has 0 radical (unpaired) electrons. The molecule has 0 aromatic carbocycles. The zero-order chi connectivity index (χ0) is 12.8. The molecule has 0 spiro atoms. The standard InChI is InChI=1S/C12H22N4O/c1-5-9(3)14-12(17)7-13-11-8-16(4)15-10(11)6-2/h8-9,13H,5-7H2,1-4H3,(H,14,17). The van der Waals surface area contributed by atoms with E-state index in [4.69, 9.17) is 0 Å². The van der Waals surface area contributed by atoms with Gasteiger partial charge in [0.25, 0.3) is 0 Å². The van der Waals surface area contributed by atoms with Crippen LogP contribution in [-0.2, 0) is 18.3 Å². The first kappa shape index (κ1) is 13.5. The molecule has 96 valence electrons. The number of hydrogen-bond acceptors (Lipinski definition) is 3. The molecule has 5 heteroatoms. The van der Waals surface area contributed by atoms with Gasteiger partial charge in [0.2, 0.25) is 5.91 Å². The van der Waals surface area contributed by atoms with Crippen molar-refractivity contribution in [1.82, 2.24) is 15.1 Å². The molecule has 1 heterocycles. The summed E-state index contributed by atoms with van der Waals surface area (Å²) < 4.78 is 1.76. The second kappa shape index (κ2) is 6.27. The Morgan fingerprint density at radius 3 is 2.82 bits per heavy atom. The van der Waals surface area contributed by atoms with E-state index >= 15 is 0 Å². The zero-order valence-corrected chi connectivity index (χ0v) is 11.1. The lowest BCUT2D eigenvalue weighted by Crippen LogP contribution is -2.36. The van der Waals surface area contributed by atoms with Gasteiger partial charge in [-0.1, -0.05) is 13.8 Å². The quantitative estimate of drug-likeness (QED) is 0.785. The third-order valence-corrected chi connectivity index (χ3v) is 2.70. The van der Waals surface area contributed by atoms with Crippen LogP contribution in [0.25, 0.3) is 0 Å². The molecule has 0 fully saturated rings. The van der Waals surface area contributed by atoms with Crippen molar-refractivity contribution in [3.8, 4) is 0 Å². The van der Waals surface area contributed by atoms with Gasteiger partial charge in [-0.05, 0) is 19.8 Å². The molecule has 1 aromatic rings. The summed E-state index contributed by atoms with van der Waals surface area (Å²) in [6.07, 6.45) is 3.70. The normalized spacial score (nSPS) is 12.2. The minimum absolute atomic E-state index is 0.0188. The van der Waals surface area contributed by atoms with E-state index < -0.39 is 0 Å². The number of aryl methyl sites for hydroxylation is 2. The van der Waals surface area contributed by atoms with E-state index in [1.807, 2.05) is 27.1 Å². The molecule has 1 rings (SSSR count). The topological polar surface area (TPSA) is 59.0 Å². The smallest absolute Gasteiger partial charge is 0.239 e. The predicted molar refractivity (Wildman–Crippen MR) is 69.0 cm³/mol.